The van der Waals surface area contributed by atoms with Gasteiger partial charge in [-0.25, -0.2) is 15.0 Å². The highest BCUT2D eigenvalue weighted by Gasteiger charge is 2.05. The van der Waals surface area contributed by atoms with E-state index in [0.717, 1.165) is 30.4 Å². The standard InChI is InChI=1S/C23H30N6O.HI/c1-3-25-23(27-13-19(2)16-30-17-20-7-5-4-6-8-20)28-15-21-9-10-22(26-14-21)29-12-11-24-18-29;/h4-12,14,18-19H,3,13,15-17H2,1-2H3,(H2,25,27,28);1H. The zero-order valence-electron chi connectivity index (χ0n) is 18.1. The molecule has 0 bridgehead atoms. The molecule has 0 saturated carbocycles. The molecule has 0 amide bonds. The molecule has 2 N–H and O–H groups in total. The van der Waals surface area contributed by atoms with Gasteiger partial charge in [0.05, 0.1) is 19.8 Å². The second-order valence-corrected chi connectivity index (χ2v) is 7.18. The molecule has 2 aromatic heterocycles. The first-order valence-electron chi connectivity index (χ1n) is 10.3. The van der Waals surface area contributed by atoms with Crippen molar-refractivity contribution in [1.82, 2.24) is 25.2 Å². The maximum absolute atomic E-state index is 5.83. The first-order chi connectivity index (χ1) is 14.7. The molecule has 1 atom stereocenters. The van der Waals surface area contributed by atoms with Crippen LogP contribution in [0.25, 0.3) is 5.82 Å². The molecule has 3 rings (SSSR count). The van der Waals surface area contributed by atoms with Crippen LogP contribution in [-0.2, 0) is 17.9 Å². The summed E-state index contributed by atoms with van der Waals surface area (Å²) in [4.78, 5) is 13.2. The molecule has 3 aromatic rings. The Hall–Kier alpha value is -2.46. The van der Waals surface area contributed by atoms with E-state index in [2.05, 4.69) is 51.6 Å². The van der Waals surface area contributed by atoms with Crippen molar-refractivity contribution >= 4 is 29.9 Å². The van der Waals surface area contributed by atoms with E-state index in [0.29, 0.717) is 25.7 Å². The second kappa shape index (κ2) is 13.8. The molecule has 166 valence electrons. The average Bonchev–Trinajstić information content (AvgIpc) is 3.32. The third kappa shape index (κ3) is 8.66. The number of benzene rings is 1. The summed E-state index contributed by atoms with van der Waals surface area (Å²) in [5, 5.41) is 6.69. The van der Waals surface area contributed by atoms with Crippen molar-refractivity contribution in [2.45, 2.75) is 27.0 Å². The fourth-order valence-electron chi connectivity index (χ4n) is 2.85. The van der Waals surface area contributed by atoms with Crippen LogP contribution in [-0.4, -0.2) is 40.2 Å². The maximum Gasteiger partial charge on any atom is 0.191 e. The number of aliphatic imine (C=N–C) groups is 1. The summed E-state index contributed by atoms with van der Waals surface area (Å²) in [6.45, 7) is 7.72. The van der Waals surface area contributed by atoms with E-state index in [1.807, 2.05) is 47.3 Å². The lowest BCUT2D eigenvalue weighted by atomic mass is 10.2. The molecule has 0 spiro atoms. The number of pyridine rings is 1. The van der Waals surface area contributed by atoms with E-state index in [-0.39, 0.29) is 24.0 Å². The van der Waals surface area contributed by atoms with Crippen LogP contribution in [0.4, 0.5) is 0 Å². The predicted octanol–water partition coefficient (Wildman–Crippen LogP) is 3.79. The van der Waals surface area contributed by atoms with Crippen LogP contribution in [0, 0.1) is 5.92 Å². The van der Waals surface area contributed by atoms with Gasteiger partial charge < -0.3 is 15.4 Å². The van der Waals surface area contributed by atoms with E-state index in [9.17, 15) is 0 Å². The van der Waals surface area contributed by atoms with Gasteiger partial charge in [0.15, 0.2) is 5.96 Å². The number of nitrogens with one attached hydrogen (secondary N) is 2. The maximum atomic E-state index is 5.83. The Balaban J connectivity index is 0.00000341. The normalized spacial score (nSPS) is 12.1. The highest BCUT2D eigenvalue weighted by atomic mass is 127. The first-order valence-corrected chi connectivity index (χ1v) is 10.3. The van der Waals surface area contributed by atoms with E-state index in [1.165, 1.54) is 5.56 Å². The number of hydrogen-bond acceptors (Lipinski definition) is 4. The number of imidazole rings is 1. The summed E-state index contributed by atoms with van der Waals surface area (Å²) >= 11 is 0. The van der Waals surface area contributed by atoms with Gasteiger partial charge in [0, 0.05) is 31.7 Å². The molecule has 0 saturated heterocycles. The number of guanidine groups is 1. The second-order valence-electron chi connectivity index (χ2n) is 7.18. The largest absolute Gasteiger partial charge is 0.376 e. The van der Waals surface area contributed by atoms with Crippen molar-refractivity contribution in [2.75, 3.05) is 19.7 Å². The molecule has 0 aliphatic carbocycles. The lowest BCUT2D eigenvalue weighted by molar-refractivity contribution is 0.0931. The number of rotatable bonds is 10. The van der Waals surface area contributed by atoms with Crippen molar-refractivity contribution in [2.24, 2.45) is 10.9 Å². The SMILES string of the molecule is CCNC(=NCc1ccc(-n2ccnc2)nc1)NCC(C)COCc1ccccc1.I. The molecule has 1 aromatic carbocycles. The molecular weight excluding hydrogens is 503 g/mol. The van der Waals surface area contributed by atoms with E-state index in [1.54, 1.807) is 12.5 Å². The van der Waals surface area contributed by atoms with Crippen LogP contribution in [0.15, 0.2) is 72.4 Å². The minimum absolute atomic E-state index is 0. The Morgan fingerprint density at radius 3 is 2.65 bits per heavy atom. The highest BCUT2D eigenvalue weighted by Crippen LogP contribution is 2.06. The van der Waals surface area contributed by atoms with Crippen molar-refractivity contribution in [3.63, 3.8) is 0 Å². The zero-order chi connectivity index (χ0) is 21.0. The van der Waals surface area contributed by atoms with Gasteiger partial charge in [-0.3, -0.25) is 4.57 Å². The Kier molecular flexibility index (Phi) is 11.0. The average molecular weight is 534 g/mol. The number of hydrogen-bond donors (Lipinski definition) is 2. The molecule has 8 heteroatoms. The number of halogens is 1. The molecular formula is C23H31IN6O. The fourth-order valence-corrected chi connectivity index (χ4v) is 2.85. The van der Waals surface area contributed by atoms with Crippen LogP contribution in [0.1, 0.15) is 25.0 Å². The Morgan fingerprint density at radius 2 is 1.97 bits per heavy atom. The highest BCUT2D eigenvalue weighted by molar-refractivity contribution is 14.0. The number of nitrogens with zero attached hydrogens (tertiary/aromatic N) is 4. The Morgan fingerprint density at radius 1 is 1.13 bits per heavy atom. The van der Waals surface area contributed by atoms with E-state index >= 15 is 0 Å². The monoisotopic (exact) mass is 534 g/mol. The number of ether oxygens (including phenoxy) is 1. The summed E-state index contributed by atoms with van der Waals surface area (Å²) in [5.74, 6) is 2.01. The molecule has 0 aliphatic heterocycles. The van der Waals surface area contributed by atoms with Gasteiger partial charge >= 0.3 is 0 Å². The fraction of sp³-hybridized carbons (Fsp3) is 0.348. The van der Waals surface area contributed by atoms with E-state index in [4.69, 9.17) is 4.74 Å². The zero-order valence-corrected chi connectivity index (χ0v) is 20.4. The van der Waals surface area contributed by atoms with Crippen molar-refractivity contribution in [3.05, 3.63) is 78.5 Å². The summed E-state index contributed by atoms with van der Waals surface area (Å²) in [6, 6.07) is 14.2. The van der Waals surface area contributed by atoms with E-state index < -0.39 is 0 Å². The summed E-state index contributed by atoms with van der Waals surface area (Å²) in [7, 11) is 0. The van der Waals surface area contributed by atoms with Gasteiger partial charge in [0.25, 0.3) is 0 Å². The third-order valence-electron chi connectivity index (χ3n) is 4.47. The summed E-state index contributed by atoms with van der Waals surface area (Å²) < 4.78 is 7.70. The third-order valence-corrected chi connectivity index (χ3v) is 4.47. The smallest absolute Gasteiger partial charge is 0.191 e. The minimum atomic E-state index is 0. The Labute approximate surface area is 201 Å². The predicted molar refractivity (Wildman–Crippen MR) is 135 cm³/mol. The molecule has 7 nitrogen and oxygen atoms in total. The van der Waals surface area contributed by atoms with Crippen LogP contribution < -0.4 is 10.6 Å². The van der Waals surface area contributed by atoms with Gasteiger partial charge in [0.1, 0.15) is 12.1 Å². The molecule has 1 unspecified atom stereocenters. The van der Waals surface area contributed by atoms with Gasteiger partial charge in [-0.15, -0.1) is 24.0 Å². The van der Waals surface area contributed by atoms with Gasteiger partial charge in [-0.05, 0) is 30.0 Å². The molecule has 0 radical (unpaired) electrons. The van der Waals surface area contributed by atoms with Crippen LogP contribution in [0.5, 0.6) is 0 Å². The van der Waals surface area contributed by atoms with Crippen molar-refractivity contribution < 1.29 is 4.74 Å². The van der Waals surface area contributed by atoms with Crippen LogP contribution in [0.3, 0.4) is 0 Å². The molecule has 0 fully saturated rings. The molecule has 2 heterocycles. The number of aromatic nitrogens is 3. The lowest BCUT2D eigenvalue weighted by Gasteiger charge is -2.16. The minimum Gasteiger partial charge on any atom is -0.376 e. The van der Waals surface area contributed by atoms with Gasteiger partial charge in [-0.2, -0.15) is 0 Å². The topological polar surface area (TPSA) is 76.4 Å². The van der Waals surface area contributed by atoms with Crippen LogP contribution in [0.2, 0.25) is 0 Å². The molecule has 31 heavy (non-hydrogen) atoms. The molecule has 0 aliphatic rings. The van der Waals surface area contributed by atoms with Crippen LogP contribution >= 0.6 is 24.0 Å². The quantitative estimate of drug-likeness (QED) is 0.235. The summed E-state index contributed by atoms with van der Waals surface area (Å²) in [6.07, 6.45) is 7.20. The Bertz CT molecular complexity index is 884. The lowest BCUT2D eigenvalue weighted by Crippen LogP contribution is -2.40. The van der Waals surface area contributed by atoms with Gasteiger partial charge in [0.2, 0.25) is 0 Å². The first kappa shape index (κ1) is 24.8. The summed E-state index contributed by atoms with van der Waals surface area (Å²) in [5.41, 5.74) is 2.25. The van der Waals surface area contributed by atoms with Crippen molar-refractivity contribution in [1.29, 1.82) is 0 Å². The van der Waals surface area contributed by atoms with Gasteiger partial charge in [-0.1, -0.05) is 43.3 Å². The van der Waals surface area contributed by atoms with Crippen molar-refractivity contribution in [3.8, 4) is 5.82 Å².